The number of amides is 1. The summed E-state index contributed by atoms with van der Waals surface area (Å²) in [5.74, 6) is 0.396. The van der Waals surface area contributed by atoms with Crippen LogP contribution in [0.4, 0.5) is 5.13 Å². The summed E-state index contributed by atoms with van der Waals surface area (Å²) in [5.41, 5.74) is 3.84. The molecule has 0 spiro atoms. The number of aromatic nitrogens is 1. The van der Waals surface area contributed by atoms with Gasteiger partial charge in [0.05, 0.1) is 17.5 Å². The van der Waals surface area contributed by atoms with E-state index in [4.69, 9.17) is 4.42 Å². The van der Waals surface area contributed by atoms with E-state index in [1.165, 1.54) is 23.2 Å². The summed E-state index contributed by atoms with van der Waals surface area (Å²) in [4.78, 5) is 16.7. The topological polar surface area (TPSA) is 55.1 Å². The number of furan rings is 1. The van der Waals surface area contributed by atoms with Crippen LogP contribution < -0.4 is 5.32 Å². The zero-order valence-corrected chi connectivity index (χ0v) is 15.0. The van der Waals surface area contributed by atoms with Crippen molar-refractivity contribution < 1.29 is 9.21 Å². The summed E-state index contributed by atoms with van der Waals surface area (Å²) in [6, 6.07) is 10.1. The fourth-order valence-electron chi connectivity index (χ4n) is 2.39. The van der Waals surface area contributed by atoms with Crippen LogP contribution in [0.3, 0.4) is 0 Å². The number of rotatable bonds is 3. The van der Waals surface area contributed by atoms with Crippen LogP contribution >= 0.6 is 11.3 Å². The molecule has 0 aliphatic rings. The highest BCUT2D eigenvalue weighted by molar-refractivity contribution is 7.14. The van der Waals surface area contributed by atoms with Gasteiger partial charge in [0.25, 0.3) is 5.91 Å². The zero-order valence-electron chi connectivity index (χ0n) is 14.2. The van der Waals surface area contributed by atoms with E-state index in [-0.39, 0.29) is 11.3 Å². The van der Waals surface area contributed by atoms with Gasteiger partial charge >= 0.3 is 0 Å². The predicted octanol–water partition coefficient (Wildman–Crippen LogP) is 5.26. The van der Waals surface area contributed by atoms with Gasteiger partial charge in [-0.2, -0.15) is 0 Å². The Morgan fingerprint density at radius 3 is 2.46 bits per heavy atom. The minimum absolute atomic E-state index is 0.127. The maximum Gasteiger partial charge on any atom is 0.260 e. The van der Waals surface area contributed by atoms with Gasteiger partial charge in [-0.05, 0) is 24.0 Å². The Hall–Kier alpha value is -2.40. The number of carbonyl (C=O) groups excluding carboxylic acids is 1. The van der Waals surface area contributed by atoms with Crippen molar-refractivity contribution in [3.05, 3.63) is 58.9 Å². The number of anilines is 1. The number of benzene rings is 1. The summed E-state index contributed by atoms with van der Waals surface area (Å²) in [7, 11) is 0. The normalized spacial score (nSPS) is 11.5. The number of hydrogen-bond donors (Lipinski definition) is 1. The number of nitrogens with zero attached hydrogens (tertiary/aromatic N) is 1. The Kier molecular flexibility index (Phi) is 4.28. The standard InChI is InChI=1S/C19H20N2O2S/c1-12-15(9-10-23-12)17(22)21-18-20-16(11-24-18)13-5-7-14(8-6-13)19(2,3)4/h5-11H,1-4H3,(H,20,21,22). The van der Waals surface area contributed by atoms with Crippen LogP contribution in [-0.4, -0.2) is 10.9 Å². The van der Waals surface area contributed by atoms with E-state index in [1.54, 1.807) is 13.0 Å². The first-order valence-corrected chi connectivity index (χ1v) is 8.64. The Labute approximate surface area is 145 Å². The molecular formula is C19H20N2O2S. The van der Waals surface area contributed by atoms with Crippen molar-refractivity contribution in [3.8, 4) is 11.3 Å². The number of hydrogen-bond acceptors (Lipinski definition) is 4. The van der Waals surface area contributed by atoms with E-state index in [2.05, 4.69) is 55.3 Å². The summed E-state index contributed by atoms with van der Waals surface area (Å²) in [6.45, 7) is 8.34. The number of carbonyl (C=O) groups is 1. The van der Waals surface area contributed by atoms with Gasteiger partial charge in [-0.1, -0.05) is 45.0 Å². The van der Waals surface area contributed by atoms with Crippen LogP contribution in [-0.2, 0) is 5.41 Å². The van der Waals surface area contributed by atoms with Gasteiger partial charge in [-0.3, -0.25) is 10.1 Å². The van der Waals surface area contributed by atoms with Crippen LogP contribution in [0.25, 0.3) is 11.3 Å². The van der Waals surface area contributed by atoms with Crippen LogP contribution in [0.2, 0.25) is 0 Å². The Morgan fingerprint density at radius 2 is 1.88 bits per heavy atom. The van der Waals surface area contributed by atoms with Gasteiger partial charge in [-0.15, -0.1) is 11.3 Å². The van der Waals surface area contributed by atoms with Crippen molar-refractivity contribution in [2.24, 2.45) is 0 Å². The van der Waals surface area contributed by atoms with Crippen molar-refractivity contribution in [3.63, 3.8) is 0 Å². The van der Waals surface area contributed by atoms with Crippen LogP contribution in [0, 0.1) is 6.92 Å². The summed E-state index contributed by atoms with van der Waals surface area (Å²) in [6.07, 6.45) is 1.51. The molecule has 0 radical (unpaired) electrons. The summed E-state index contributed by atoms with van der Waals surface area (Å²) < 4.78 is 5.16. The van der Waals surface area contributed by atoms with Gasteiger partial charge in [0, 0.05) is 10.9 Å². The van der Waals surface area contributed by atoms with E-state index in [0.29, 0.717) is 16.5 Å². The fourth-order valence-corrected chi connectivity index (χ4v) is 3.10. The van der Waals surface area contributed by atoms with Crippen molar-refractivity contribution in [2.45, 2.75) is 33.1 Å². The highest BCUT2D eigenvalue weighted by Gasteiger charge is 2.15. The minimum atomic E-state index is -0.203. The van der Waals surface area contributed by atoms with Crippen molar-refractivity contribution in [1.82, 2.24) is 4.98 Å². The lowest BCUT2D eigenvalue weighted by Crippen LogP contribution is -2.11. The Balaban J connectivity index is 1.76. The number of nitrogens with one attached hydrogen (secondary N) is 1. The molecule has 3 rings (SSSR count). The van der Waals surface area contributed by atoms with Crippen molar-refractivity contribution in [1.29, 1.82) is 0 Å². The molecule has 0 unspecified atom stereocenters. The molecule has 0 aliphatic carbocycles. The smallest absolute Gasteiger partial charge is 0.260 e. The molecule has 1 aromatic carbocycles. The molecule has 1 N–H and O–H groups in total. The third-order valence-electron chi connectivity index (χ3n) is 3.87. The molecule has 2 heterocycles. The molecule has 2 aromatic heterocycles. The maximum atomic E-state index is 12.2. The Bertz CT molecular complexity index is 854. The molecule has 0 bridgehead atoms. The van der Waals surface area contributed by atoms with E-state index >= 15 is 0 Å². The first-order valence-electron chi connectivity index (χ1n) is 7.76. The van der Waals surface area contributed by atoms with Gasteiger partial charge < -0.3 is 4.42 Å². The van der Waals surface area contributed by atoms with Gasteiger partial charge in [0.15, 0.2) is 5.13 Å². The molecule has 0 saturated carbocycles. The molecule has 3 aromatic rings. The second-order valence-corrected chi connectivity index (χ2v) is 7.57. The fraction of sp³-hybridized carbons (Fsp3) is 0.263. The highest BCUT2D eigenvalue weighted by atomic mass is 32.1. The zero-order chi connectivity index (χ0) is 17.3. The number of thiazole rings is 1. The molecule has 24 heavy (non-hydrogen) atoms. The van der Waals surface area contributed by atoms with Crippen molar-refractivity contribution >= 4 is 22.4 Å². The molecule has 5 heteroatoms. The van der Waals surface area contributed by atoms with E-state index < -0.39 is 0 Å². The van der Waals surface area contributed by atoms with Gasteiger partial charge in [-0.25, -0.2) is 4.98 Å². The average Bonchev–Trinajstić information content (AvgIpc) is 3.15. The Morgan fingerprint density at radius 1 is 1.17 bits per heavy atom. The van der Waals surface area contributed by atoms with Crippen molar-refractivity contribution in [2.75, 3.05) is 5.32 Å². The lowest BCUT2D eigenvalue weighted by Gasteiger charge is -2.18. The first kappa shape index (κ1) is 16.5. The first-order chi connectivity index (χ1) is 11.3. The maximum absolute atomic E-state index is 12.2. The number of aryl methyl sites for hydroxylation is 1. The summed E-state index contributed by atoms with van der Waals surface area (Å²) in [5, 5.41) is 5.35. The van der Waals surface area contributed by atoms with E-state index in [1.807, 2.05) is 5.38 Å². The van der Waals surface area contributed by atoms with E-state index in [0.717, 1.165) is 11.3 Å². The molecule has 1 amide bonds. The predicted molar refractivity (Wildman–Crippen MR) is 97.6 cm³/mol. The summed E-state index contributed by atoms with van der Waals surface area (Å²) >= 11 is 1.41. The third kappa shape index (κ3) is 3.41. The molecule has 0 aliphatic heterocycles. The quantitative estimate of drug-likeness (QED) is 0.707. The van der Waals surface area contributed by atoms with Crippen LogP contribution in [0.5, 0.6) is 0 Å². The molecule has 0 atom stereocenters. The van der Waals surface area contributed by atoms with Gasteiger partial charge in [0.2, 0.25) is 0 Å². The SMILES string of the molecule is Cc1occc1C(=O)Nc1nc(-c2ccc(C(C)(C)C)cc2)cs1. The molecular weight excluding hydrogens is 320 g/mol. The highest BCUT2D eigenvalue weighted by Crippen LogP contribution is 2.28. The largest absolute Gasteiger partial charge is 0.469 e. The molecule has 0 fully saturated rings. The third-order valence-corrected chi connectivity index (χ3v) is 4.63. The second kappa shape index (κ2) is 6.24. The molecule has 4 nitrogen and oxygen atoms in total. The average molecular weight is 340 g/mol. The van der Waals surface area contributed by atoms with E-state index in [9.17, 15) is 4.79 Å². The van der Waals surface area contributed by atoms with Gasteiger partial charge in [0.1, 0.15) is 5.76 Å². The lowest BCUT2D eigenvalue weighted by molar-refractivity contribution is 0.102. The second-order valence-electron chi connectivity index (χ2n) is 6.71. The monoisotopic (exact) mass is 340 g/mol. The van der Waals surface area contributed by atoms with Crippen LogP contribution in [0.15, 0.2) is 46.4 Å². The molecule has 124 valence electrons. The molecule has 0 saturated heterocycles. The minimum Gasteiger partial charge on any atom is -0.469 e. The van der Waals surface area contributed by atoms with Crippen LogP contribution in [0.1, 0.15) is 42.5 Å². The lowest BCUT2D eigenvalue weighted by atomic mass is 9.86.